The van der Waals surface area contributed by atoms with Crippen molar-refractivity contribution in [3.63, 3.8) is 0 Å². The molecule has 0 spiro atoms. The molecule has 1 saturated carbocycles. The van der Waals surface area contributed by atoms with E-state index in [1.807, 2.05) is 4.90 Å². The van der Waals surface area contributed by atoms with E-state index in [9.17, 15) is 9.59 Å². The topological polar surface area (TPSA) is 89.4 Å². The zero-order valence-electron chi connectivity index (χ0n) is 10.6. The van der Waals surface area contributed by atoms with Crippen LogP contribution in [0.25, 0.3) is 0 Å². The molecule has 2 unspecified atom stereocenters. The van der Waals surface area contributed by atoms with Gasteiger partial charge in [0.05, 0.1) is 11.3 Å². The van der Waals surface area contributed by atoms with E-state index >= 15 is 0 Å². The number of nitrogens with two attached hydrogens (primary N) is 2. The lowest BCUT2D eigenvalue weighted by atomic mass is 9.99. The van der Waals surface area contributed by atoms with Crippen molar-refractivity contribution < 1.29 is 9.59 Å². The molecular weight excluding hydrogens is 250 g/mol. The van der Waals surface area contributed by atoms with Crippen LogP contribution in [0.1, 0.15) is 32.1 Å². The van der Waals surface area contributed by atoms with Crippen LogP contribution in [-0.2, 0) is 9.59 Å². The Hall–Kier alpha value is -0.750. The Labute approximate surface area is 112 Å². The number of nitrogens with zero attached hydrogens (tertiary/aromatic N) is 1. The van der Waals surface area contributed by atoms with Crippen LogP contribution in [0, 0.1) is 0 Å². The van der Waals surface area contributed by atoms with Crippen LogP contribution < -0.4 is 11.5 Å². The fraction of sp³-hybridized carbons (Fsp3) is 0.833. The molecular formula is C12H21N3O2S. The van der Waals surface area contributed by atoms with E-state index in [0.717, 1.165) is 32.4 Å². The highest BCUT2D eigenvalue weighted by atomic mass is 32.2. The number of hydrogen-bond donors (Lipinski definition) is 2. The summed E-state index contributed by atoms with van der Waals surface area (Å²) in [5, 5.41) is 0.286. The van der Waals surface area contributed by atoms with Gasteiger partial charge in [-0.15, -0.1) is 11.8 Å². The van der Waals surface area contributed by atoms with Crippen molar-refractivity contribution >= 4 is 23.6 Å². The zero-order chi connectivity index (χ0) is 13.2. The lowest BCUT2D eigenvalue weighted by Gasteiger charge is -2.20. The van der Waals surface area contributed by atoms with E-state index in [-0.39, 0.29) is 11.2 Å². The highest BCUT2D eigenvalue weighted by Gasteiger charge is 2.40. The van der Waals surface area contributed by atoms with E-state index in [2.05, 4.69) is 0 Å². The molecule has 2 rings (SSSR count). The monoisotopic (exact) mass is 271 g/mol. The van der Waals surface area contributed by atoms with Crippen molar-refractivity contribution in [2.24, 2.45) is 11.5 Å². The van der Waals surface area contributed by atoms with E-state index in [1.165, 1.54) is 0 Å². The molecule has 1 heterocycles. The van der Waals surface area contributed by atoms with Gasteiger partial charge in [0, 0.05) is 18.3 Å². The summed E-state index contributed by atoms with van der Waals surface area (Å²) >= 11 is 1.62. The van der Waals surface area contributed by atoms with Crippen molar-refractivity contribution in [2.45, 2.75) is 42.9 Å². The summed E-state index contributed by atoms with van der Waals surface area (Å²) < 4.78 is 0. The summed E-state index contributed by atoms with van der Waals surface area (Å²) in [6, 6.07) is 0. The summed E-state index contributed by atoms with van der Waals surface area (Å²) in [6.45, 7) is 1.79. The fourth-order valence-corrected chi connectivity index (χ4v) is 3.90. The van der Waals surface area contributed by atoms with E-state index < -0.39 is 11.4 Å². The van der Waals surface area contributed by atoms with Crippen molar-refractivity contribution in [1.82, 2.24) is 4.90 Å². The van der Waals surface area contributed by atoms with Crippen LogP contribution in [-0.4, -0.2) is 46.3 Å². The SMILES string of the molecule is NC(=O)C1(N)CCC(SCC(=O)N2CCCC2)C1. The molecule has 0 aromatic carbocycles. The average molecular weight is 271 g/mol. The normalized spacial score (nSPS) is 31.8. The standard InChI is InChI=1S/C12H21N3O2S/c13-11(17)12(14)4-3-9(7-12)18-8-10(16)15-5-1-2-6-15/h9H,1-8,14H2,(H2,13,17). The summed E-state index contributed by atoms with van der Waals surface area (Å²) in [7, 11) is 0. The summed E-state index contributed by atoms with van der Waals surface area (Å²) in [5.74, 6) is 0.294. The summed E-state index contributed by atoms with van der Waals surface area (Å²) in [4.78, 5) is 25.0. The Morgan fingerprint density at radius 3 is 2.56 bits per heavy atom. The molecule has 6 heteroatoms. The van der Waals surface area contributed by atoms with Gasteiger partial charge in [0.2, 0.25) is 11.8 Å². The maximum atomic E-state index is 11.9. The maximum Gasteiger partial charge on any atom is 0.237 e. The number of carbonyl (C=O) groups excluding carboxylic acids is 2. The molecule has 5 nitrogen and oxygen atoms in total. The minimum atomic E-state index is -0.853. The fourth-order valence-electron chi connectivity index (χ4n) is 2.64. The first-order valence-corrected chi connectivity index (χ1v) is 7.54. The predicted molar refractivity (Wildman–Crippen MR) is 72.0 cm³/mol. The molecule has 4 N–H and O–H groups in total. The molecule has 2 fully saturated rings. The maximum absolute atomic E-state index is 11.9. The third kappa shape index (κ3) is 2.98. The van der Waals surface area contributed by atoms with Gasteiger partial charge in [0.25, 0.3) is 0 Å². The van der Waals surface area contributed by atoms with Crippen molar-refractivity contribution in [3.05, 3.63) is 0 Å². The van der Waals surface area contributed by atoms with E-state index in [1.54, 1.807) is 11.8 Å². The molecule has 102 valence electrons. The molecule has 2 atom stereocenters. The number of thioether (sulfide) groups is 1. The molecule has 0 bridgehead atoms. The Balaban J connectivity index is 1.75. The smallest absolute Gasteiger partial charge is 0.237 e. The van der Waals surface area contributed by atoms with Crippen LogP contribution in [0.3, 0.4) is 0 Å². The second-order valence-electron chi connectivity index (χ2n) is 5.28. The Kier molecular flexibility index (Phi) is 4.17. The Morgan fingerprint density at radius 1 is 1.33 bits per heavy atom. The lowest BCUT2D eigenvalue weighted by Crippen LogP contribution is -2.50. The lowest BCUT2D eigenvalue weighted by molar-refractivity contribution is -0.127. The van der Waals surface area contributed by atoms with E-state index in [4.69, 9.17) is 11.5 Å². The van der Waals surface area contributed by atoms with Gasteiger partial charge in [-0.3, -0.25) is 9.59 Å². The summed E-state index contributed by atoms with van der Waals surface area (Å²) in [5.41, 5.74) is 10.4. The van der Waals surface area contributed by atoms with Crippen LogP contribution in [0.2, 0.25) is 0 Å². The van der Waals surface area contributed by atoms with Crippen LogP contribution >= 0.6 is 11.8 Å². The Morgan fingerprint density at radius 2 is 2.00 bits per heavy atom. The number of likely N-dealkylation sites (tertiary alicyclic amines) is 1. The van der Waals surface area contributed by atoms with Gasteiger partial charge in [-0.05, 0) is 32.1 Å². The van der Waals surface area contributed by atoms with Gasteiger partial charge in [0.1, 0.15) is 0 Å². The molecule has 0 radical (unpaired) electrons. The minimum Gasteiger partial charge on any atom is -0.368 e. The van der Waals surface area contributed by atoms with Gasteiger partial charge in [-0.25, -0.2) is 0 Å². The molecule has 2 amide bonds. The van der Waals surface area contributed by atoms with Gasteiger partial charge in [0.15, 0.2) is 0 Å². The molecule has 0 aromatic rings. The highest BCUT2D eigenvalue weighted by molar-refractivity contribution is 8.00. The second kappa shape index (κ2) is 5.48. The van der Waals surface area contributed by atoms with E-state index in [0.29, 0.717) is 18.6 Å². The van der Waals surface area contributed by atoms with Crippen molar-refractivity contribution in [3.8, 4) is 0 Å². The van der Waals surface area contributed by atoms with Crippen LogP contribution in [0.5, 0.6) is 0 Å². The van der Waals surface area contributed by atoms with Gasteiger partial charge in [-0.2, -0.15) is 0 Å². The Bertz CT molecular complexity index is 344. The number of amides is 2. The first kappa shape index (κ1) is 13.7. The number of hydrogen-bond acceptors (Lipinski definition) is 4. The van der Waals surface area contributed by atoms with Crippen molar-refractivity contribution in [1.29, 1.82) is 0 Å². The molecule has 2 aliphatic rings. The third-order valence-corrected chi connectivity index (χ3v) is 5.18. The minimum absolute atomic E-state index is 0.214. The summed E-state index contributed by atoms with van der Waals surface area (Å²) in [6.07, 6.45) is 4.34. The number of rotatable bonds is 4. The van der Waals surface area contributed by atoms with Gasteiger partial charge >= 0.3 is 0 Å². The molecule has 18 heavy (non-hydrogen) atoms. The first-order valence-electron chi connectivity index (χ1n) is 6.49. The van der Waals surface area contributed by atoms with Crippen LogP contribution in [0.4, 0.5) is 0 Å². The van der Waals surface area contributed by atoms with Crippen molar-refractivity contribution in [2.75, 3.05) is 18.8 Å². The molecule has 0 aromatic heterocycles. The second-order valence-corrected chi connectivity index (χ2v) is 6.57. The number of primary amides is 1. The molecule has 1 aliphatic heterocycles. The van der Waals surface area contributed by atoms with Crippen LogP contribution in [0.15, 0.2) is 0 Å². The largest absolute Gasteiger partial charge is 0.368 e. The quantitative estimate of drug-likeness (QED) is 0.757. The third-order valence-electron chi connectivity index (χ3n) is 3.90. The predicted octanol–water partition coefficient (Wildman–Crippen LogP) is 0.0773. The molecule has 1 aliphatic carbocycles. The first-order chi connectivity index (χ1) is 8.51. The van der Waals surface area contributed by atoms with Gasteiger partial charge < -0.3 is 16.4 Å². The average Bonchev–Trinajstić information content (AvgIpc) is 2.96. The molecule has 1 saturated heterocycles. The highest BCUT2D eigenvalue weighted by Crippen LogP contribution is 2.35. The number of carbonyl (C=O) groups is 2. The van der Waals surface area contributed by atoms with Gasteiger partial charge in [-0.1, -0.05) is 0 Å². The zero-order valence-corrected chi connectivity index (χ0v) is 11.4.